The highest BCUT2D eigenvalue weighted by molar-refractivity contribution is 7.07. The lowest BCUT2D eigenvalue weighted by Crippen LogP contribution is -2.45. The SMILES string of the molecule is CCCC(NC1CCN(C(=O)c2ccoc2)CC1)c1ccsc1. The fraction of sp³-hybridized carbons (Fsp3) is 0.500. The number of carbonyl (C=O) groups is 1. The summed E-state index contributed by atoms with van der Waals surface area (Å²) in [5.41, 5.74) is 2.05. The molecule has 1 aliphatic rings. The summed E-state index contributed by atoms with van der Waals surface area (Å²) in [6.45, 7) is 3.85. The van der Waals surface area contributed by atoms with Crippen molar-refractivity contribution in [1.29, 1.82) is 0 Å². The Bertz CT molecular complexity index is 587. The smallest absolute Gasteiger partial charge is 0.257 e. The lowest BCUT2D eigenvalue weighted by Gasteiger charge is -2.34. The lowest BCUT2D eigenvalue weighted by molar-refractivity contribution is 0.0700. The number of thiophene rings is 1. The molecule has 0 saturated carbocycles. The van der Waals surface area contributed by atoms with E-state index in [4.69, 9.17) is 4.42 Å². The Morgan fingerprint density at radius 1 is 1.43 bits per heavy atom. The molecule has 5 heteroatoms. The van der Waals surface area contributed by atoms with Crippen molar-refractivity contribution in [1.82, 2.24) is 10.2 Å². The van der Waals surface area contributed by atoms with E-state index in [-0.39, 0.29) is 5.91 Å². The number of hydrogen-bond acceptors (Lipinski definition) is 4. The number of rotatable bonds is 6. The first kappa shape index (κ1) is 16.3. The maximum absolute atomic E-state index is 12.3. The Kier molecular flexibility index (Phi) is 5.51. The predicted octanol–water partition coefficient (Wildman–Crippen LogP) is 4.08. The number of likely N-dealkylation sites (tertiary alicyclic amines) is 1. The lowest BCUT2D eigenvalue weighted by atomic mass is 9.99. The van der Waals surface area contributed by atoms with Crippen LogP contribution in [-0.4, -0.2) is 29.9 Å². The molecular formula is C18H24N2O2S. The third-order valence-electron chi connectivity index (χ3n) is 4.51. The molecule has 0 radical (unpaired) electrons. The first-order valence-electron chi connectivity index (χ1n) is 8.37. The molecule has 2 aromatic heterocycles. The molecule has 0 aliphatic carbocycles. The van der Waals surface area contributed by atoms with Crippen LogP contribution in [0.2, 0.25) is 0 Å². The summed E-state index contributed by atoms with van der Waals surface area (Å²) in [6, 6.07) is 4.88. The summed E-state index contributed by atoms with van der Waals surface area (Å²) < 4.78 is 5.01. The van der Waals surface area contributed by atoms with Gasteiger partial charge in [-0.15, -0.1) is 0 Å². The second-order valence-electron chi connectivity index (χ2n) is 6.14. The number of hydrogen-bond donors (Lipinski definition) is 1. The minimum atomic E-state index is 0.0835. The minimum absolute atomic E-state index is 0.0835. The number of nitrogens with one attached hydrogen (secondary N) is 1. The van der Waals surface area contributed by atoms with E-state index >= 15 is 0 Å². The summed E-state index contributed by atoms with van der Waals surface area (Å²) in [6.07, 6.45) is 7.43. The van der Waals surface area contributed by atoms with E-state index < -0.39 is 0 Å². The Hall–Kier alpha value is -1.59. The van der Waals surface area contributed by atoms with Crippen molar-refractivity contribution in [2.75, 3.05) is 13.1 Å². The average molecular weight is 332 g/mol. The third-order valence-corrected chi connectivity index (χ3v) is 5.21. The Labute approximate surface area is 141 Å². The van der Waals surface area contributed by atoms with E-state index in [0.29, 0.717) is 17.6 Å². The highest BCUT2D eigenvalue weighted by Gasteiger charge is 2.25. The molecule has 3 rings (SSSR count). The molecule has 1 saturated heterocycles. The fourth-order valence-electron chi connectivity index (χ4n) is 3.21. The van der Waals surface area contributed by atoms with Crippen LogP contribution < -0.4 is 5.32 Å². The summed E-state index contributed by atoms with van der Waals surface area (Å²) >= 11 is 1.76. The highest BCUT2D eigenvalue weighted by Crippen LogP contribution is 2.24. The monoisotopic (exact) mass is 332 g/mol. The van der Waals surface area contributed by atoms with E-state index in [0.717, 1.165) is 32.4 Å². The quantitative estimate of drug-likeness (QED) is 0.867. The maximum atomic E-state index is 12.3. The zero-order chi connectivity index (χ0) is 16.1. The van der Waals surface area contributed by atoms with Gasteiger partial charge in [-0.2, -0.15) is 11.3 Å². The molecule has 0 aromatic carbocycles. The summed E-state index contributed by atoms with van der Waals surface area (Å²) in [5.74, 6) is 0.0835. The molecular weight excluding hydrogens is 308 g/mol. The molecule has 0 spiro atoms. The van der Waals surface area contributed by atoms with E-state index in [1.807, 2.05) is 4.90 Å². The molecule has 0 bridgehead atoms. The van der Waals surface area contributed by atoms with Crippen molar-refractivity contribution < 1.29 is 9.21 Å². The molecule has 23 heavy (non-hydrogen) atoms. The molecule has 3 heterocycles. The van der Waals surface area contributed by atoms with E-state index in [9.17, 15) is 4.79 Å². The van der Waals surface area contributed by atoms with Crippen LogP contribution >= 0.6 is 11.3 Å². The summed E-state index contributed by atoms with van der Waals surface area (Å²) in [4.78, 5) is 14.3. The zero-order valence-electron chi connectivity index (χ0n) is 13.5. The Morgan fingerprint density at radius 3 is 2.87 bits per heavy atom. The van der Waals surface area contributed by atoms with Crippen LogP contribution in [0.15, 0.2) is 39.8 Å². The first-order chi connectivity index (χ1) is 11.3. The van der Waals surface area contributed by atoms with Crippen molar-refractivity contribution in [3.05, 3.63) is 46.5 Å². The van der Waals surface area contributed by atoms with E-state index in [1.165, 1.54) is 18.2 Å². The first-order valence-corrected chi connectivity index (χ1v) is 9.32. The van der Waals surface area contributed by atoms with Gasteiger partial charge < -0.3 is 14.6 Å². The molecule has 1 atom stereocenters. The standard InChI is InChI=1S/C18H24N2O2S/c1-2-3-17(15-7-11-23-13-15)19-16-4-8-20(9-5-16)18(21)14-6-10-22-12-14/h6-7,10-13,16-17,19H,2-5,8-9H2,1H3. The molecule has 1 aliphatic heterocycles. The third kappa shape index (κ3) is 4.03. The van der Waals surface area contributed by atoms with Crippen LogP contribution in [0.1, 0.15) is 54.6 Å². The zero-order valence-corrected chi connectivity index (χ0v) is 14.3. The molecule has 4 nitrogen and oxygen atoms in total. The van der Waals surface area contributed by atoms with Crippen molar-refractivity contribution in [2.24, 2.45) is 0 Å². The van der Waals surface area contributed by atoms with E-state index in [2.05, 4.69) is 29.1 Å². The van der Waals surface area contributed by atoms with E-state index in [1.54, 1.807) is 23.7 Å². The number of furan rings is 1. The van der Waals surface area contributed by atoms with Gasteiger partial charge in [0.2, 0.25) is 0 Å². The van der Waals surface area contributed by atoms with Crippen molar-refractivity contribution in [3.8, 4) is 0 Å². The minimum Gasteiger partial charge on any atom is -0.472 e. The van der Waals surface area contributed by atoms with Crippen LogP contribution in [-0.2, 0) is 0 Å². The summed E-state index contributed by atoms with van der Waals surface area (Å²) in [5, 5.41) is 8.19. The maximum Gasteiger partial charge on any atom is 0.257 e. The molecule has 2 aromatic rings. The van der Waals surface area contributed by atoms with Crippen LogP contribution in [0.5, 0.6) is 0 Å². The van der Waals surface area contributed by atoms with Gasteiger partial charge in [0, 0.05) is 25.2 Å². The molecule has 1 unspecified atom stereocenters. The van der Waals surface area contributed by atoms with Crippen LogP contribution in [0.3, 0.4) is 0 Å². The van der Waals surface area contributed by atoms with Crippen LogP contribution in [0.4, 0.5) is 0 Å². The fourth-order valence-corrected chi connectivity index (χ4v) is 3.92. The van der Waals surface area contributed by atoms with Crippen molar-refractivity contribution in [3.63, 3.8) is 0 Å². The van der Waals surface area contributed by atoms with Gasteiger partial charge >= 0.3 is 0 Å². The van der Waals surface area contributed by atoms with Gasteiger partial charge in [-0.1, -0.05) is 13.3 Å². The van der Waals surface area contributed by atoms with Gasteiger partial charge in [-0.05, 0) is 47.7 Å². The van der Waals surface area contributed by atoms with Crippen molar-refractivity contribution >= 4 is 17.2 Å². The van der Waals surface area contributed by atoms with Gasteiger partial charge in [0.25, 0.3) is 5.91 Å². The topological polar surface area (TPSA) is 45.5 Å². The second kappa shape index (κ2) is 7.79. The van der Waals surface area contributed by atoms with Gasteiger partial charge in [0.05, 0.1) is 11.8 Å². The molecule has 1 fully saturated rings. The normalized spacial score (nSPS) is 17.3. The van der Waals surface area contributed by atoms with Gasteiger partial charge in [0.15, 0.2) is 0 Å². The number of carbonyl (C=O) groups excluding carboxylic acids is 1. The molecule has 1 N–H and O–H groups in total. The van der Waals surface area contributed by atoms with Gasteiger partial charge in [-0.25, -0.2) is 0 Å². The highest BCUT2D eigenvalue weighted by atomic mass is 32.1. The molecule has 1 amide bonds. The molecule has 124 valence electrons. The van der Waals surface area contributed by atoms with Gasteiger partial charge in [0.1, 0.15) is 6.26 Å². The van der Waals surface area contributed by atoms with Gasteiger partial charge in [-0.3, -0.25) is 4.79 Å². The Morgan fingerprint density at radius 2 is 2.26 bits per heavy atom. The summed E-state index contributed by atoms with van der Waals surface area (Å²) in [7, 11) is 0. The average Bonchev–Trinajstić information content (AvgIpc) is 3.28. The Balaban J connectivity index is 1.53. The van der Waals surface area contributed by atoms with Crippen LogP contribution in [0, 0.1) is 0 Å². The predicted molar refractivity (Wildman–Crippen MR) is 92.7 cm³/mol. The van der Waals surface area contributed by atoms with Crippen molar-refractivity contribution in [2.45, 2.75) is 44.7 Å². The second-order valence-corrected chi connectivity index (χ2v) is 6.92. The number of nitrogens with zero attached hydrogens (tertiary/aromatic N) is 1. The number of piperidine rings is 1. The van der Waals surface area contributed by atoms with Crippen LogP contribution in [0.25, 0.3) is 0 Å². The number of amides is 1. The largest absolute Gasteiger partial charge is 0.472 e.